The summed E-state index contributed by atoms with van der Waals surface area (Å²) in [4.78, 5) is 12.6. The zero-order valence-electron chi connectivity index (χ0n) is 14.8. The van der Waals surface area contributed by atoms with E-state index in [4.69, 9.17) is 40.2 Å². The molecule has 0 aliphatic rings. The van der Waals surface area contributed by atoms with Crippen LogP contribution in [-0.4, -0.2) is 28.0 Å². The number of methoxy groups -OCH3 is 1. The number of ether oxygens (including phenoxy) is 1. The number of anilines is 1. The van der Waals surface area contributed by atoms with Gasteiger partial charge in [-0.3, -0.25) is 4.79 Å². The Labute approximate surface area is 185 Å². The number of carbonyl (C=O) groups is 1. The van der Waals surface area contributed by atoms with E-state index in [2.05, 4.69) is 10.4 Å². The molecule has 1 amide bonds. The summed E-state index contributed by atoms with van der Waals surface area (Å²) >= 11 is 20.0. The molecule has 1 N–H and O–H groups in total. The van der Waals surface area contributed by atoms with Crippen LogP contribution in [0.3, 0.4) is 0 Å². The summed E-state index contributed by atoms with van der Waals surface area (Å²) in [5, 5.41) is 8.10. The van der Waals surface area contributed by atoms with Gasteiger partial charge in [-0.15, -0.1) is 5.10 Å². The van der Waals surface area contributed by atoms with Crippen molar-refractivity contribution < 1.29 is 9.53 Å². The number of hydrogen-bond acceptors (Lipinski definition) is 6. The first-order chi connectivity index (χ1) is 13.4. The summed E-state index contributed by atoms with van der Waals surface area (Å²) in [5.74, 6) is 0.349. The molecule has 0 radical (unpaired) electrons. The first-order valence-corrected chi connectivity index (χ1v) is 10.9. The second-order valence-electron chi connectivity index (χ2n) is 5.62. The van der Waals surface area contributed by atoms with Crippen LogP contribution in [0, 0.1) is 3.95 Å². The molecule has 0 saturated heterocycles. The van der Waals surface area contributed by atoms with E-state index in [9.17, 15) is 4.79 Å². The van der Waals surface area contributed by atoms with Gasteiger partial charge in [0.15, 0.2) is 8.29 Å². The number of rotatable bonds is 6. The van der Waals surface area contributed by atoms with E-state index in [1.165, 1.54) is 30.2 Å². The molecule has 0 unspecified atom stereocenters. The average molecular weight is 472 g/mol. The maximum atomic E-state index is 12.6. The lowest BCUT2D eigenvalue weighted by atomic mass is 10.3. The summed E-state index contributed by atoms with van der Waals surface area (Å²) in [6.45, 7) is 1.80. The second kappa shape index (κ2) is 9.28. The monoisotopic (exact) mass is 471 g/mol. The van der Waals surface area contributed by atoms with Gasteiger partial charge in [0.2, 0.25) is 5.91 Å². The molecule has 0 fully saturated rings. The Morgan fingerprint density at radius 1 is 1.25 bits per heavy atom. The van der Waals surface area contributed by atoms with Gasteiger partial charge in [-0.05, 0) is 61.6 Å². The second-order valence-corrected chi connectivity index (χ2v) is 9.70. The molecule has 0 spiro atoms. The minimum absolute atomic E-state index is 0.190. The van der Waals surface area contributed by atoms with Crippen molar-refractivity contribution in [1.82, 2.24) is 9.78 Å². The molecule has 28 heavy (non-hydrogen) atoms. The van der Waals surface area contributed by atoms with Crippen molar-refractivity contribution in [1.29, 1.82) is 0 Å². The summed E-state index contributed by atoms with van der Waals surface area (Å²) in [7, 11) is 1.53. The number of benzene rings is 2. The van der Waals surface area contributed by atoms with E-state index in [0.29, 0.717) is 29.8 Å². The van der Waals surface area contributed by atoms with E-state index in [1.54, 1.807) is 41.9 Å². The highest BCUT2D eigenvalue weighted by molar-refractivity contribution is 8.02. The van der Waals surface area contributed by atoms with Crippen molar-refractivity contribution in [3.05, 3.63) is 56.5 Å². The number of aromatic nitrogens is 2. The van der Waals surface area contributed by atoms with Gasteiger partial charge in [0.1, 0.15) is 5.75 Å². The highest BCUT2D eigenvalue weighted by atomic mass is 35.5. The van der Waals surface area contributed by atoms with E-state index >= 15 is 0 Å². The molecule has 1 heterocycles. The number of amides is 1. The molecule has 1 atom stereocenters. The van der Waals surface area contributed by atoms with Crippen LogP contribution in [-0.2, 0) is 4.79 Å². The molecule has 3 aromatic rings. The van der Waals surface area contributed by atoms with Crippen LogP contribution in [0.5, 0.6) is 5.75 Å². The summed E-state index contributed by atoms with van der Waals surface area (Å²) in [6, 6.07) is 12.3. The van der Waals surface area contributed by atoms with Gasteiger partial charge in [0.05, 0.1) is 23.7 Å². The first kappa shape index (κ1) is 21.1. The lowest BCUT2D eigenvalue weighted by molar-refractivity contribution is -0.115. The van der Waals surface area contributed by atoms with Gasteiger partial charge in [-0.2, -0.15) is 0 Å². The minimum Gasteiger partial charge on any atom is -0.495 e. The summed E-state index contributed by atoms with van der Waals surface area (Å²) < 4.78 is 8.20. The molecule has 0 aliphatic carbocycles. The van der Waals surface area contributed by atoms with Gasteiger partial charge >= 0.3 is 0 Å². The number of carbonyl (C=O) groups excluding carboxylic acids is 1. The third-order valence-corrected chi connectivity index (χ3v) is 6.57. The van der Waals surface area contributed by atoms with Crippen molar-refractivity contribution in [2.45, 2.75) is 16.5 Å². The molecule has 5 nitrogen and oxygen atoms in total. The maximum Gasteiger partial charge on any atom is 0.237 e. The van der Waals surface area contributed by atoms with Crippen LogP contribution in [0.25, 0.3) is 5.69 Å². The maximum absolute atomic E-state index is 12.6. The molecule has 10 heteroatoms. The van der Waals surface area contributed by atoms with Gasteiger partial charge in [0.25, 0.3) is 0 Å². The van der Waals surface area contributed by atoms with Crippen LogP contribution < -0.4 is 10.1 Å². The van der Waals surface area contributed by atoms with Gasteiger partial charge in [-0.1, -0.05) is 46.3 Å². The Hall–Kier alpha value is -1.58. The van der Waals surface area contributed by atoms with E-state index in [0.717, 1.165) is 5.69 Å². The van der Waals surface area contributed by atoms with Crippen LogP contribution in [0.4, 0.5) is 5.69 Å². The normalized spacial score (nSPS) is 11.9. The Balaban J connectivity index is 1.73. The molecule has 2 aromatic carbocycles. The SMILES string of the molecule is COc1ccc(Cl)cc1NC(=O)[C@@H](C)Sc1nn(-c2ccc(Cl)cc2)c(=S)s1. The third-order valence-electron chi connectivity index (χ3n) is 3.67. The number of hydrogen-bond donors (Lipinski definition) is 1. The average Bonchev–Trinajstić information content (AvgIpc) is 3.02. The van der Waals surface area contributed by atoms with Crippen molar-refractivity contribution in [2.75, 3.05) is 12.4 Å². The van der Waals surface area contributed by atoms with E-state index in [-0.39, 0.29) is 5.91 Å². The lowest BCUT2D eigenvalue weighted by Gasteiger charge is -2.13. The minimum atomic E-state index is -0.400. The Morgan fingerprint density at radius 2 is 1.93 bits per heavy atom. The fraction of sp³-hybridized carbons (Fsp3) is 0.167. The van der Waals surface area contributed by atoms with E-state index < -0.39 is 5.25 Å². The fourth-order valence-corrected chi connectivity index (χ4v) is 5.07. The van der Waals surface area contributed by atoms with E-state index in [1.807, 2.05) is 12.1 Å². The van der Waals surface area contributed by atoms with Crippen LogP contribution >= 0.6 is 58.5 Å². The molecule has 146 valence electrons. The zero-order valence-corrected chi connectivity index (χ0v) is 18.8. The number of thioether (sulfide) groups is 1. The first-order valence-electron chi connectivity index (χ1n) is 8.04. The summed E-state index contributed by atoms with van der Waals surface area (Å²) in [6.07, 6.45) is 0. The van der Waals surface area contributed by atoms with Gasteiger partial charge in [-0.25, -0.2) is 4.68 Å². The molecular formula is C18H15Cl2N3O2S3. The molecular weight excluding hydrogens is 457 g/mol. The highest BCUT2D eigenvalue weighted by Gasteiger charge is 2.19. The van der Waals surface area contributed by atoms with Gasteiger partial charge in [0, 0.05) is 10.0 Å². The number of nitrogens with zero attached hydrogens (tertiary/aromatic N) is 2. The third kappa shape index (κ3) is 5.07. The van der Waals surface area contributed by atoms with Crippen molar-refractivity contribution in [3.8, 4) is 11.4 Å². The topological polar surface area (TPSA) is 56.1 Å². The molecule has 3 rings (SSSR count). The number of halogens is 2. The Morgan fingerprint density at radius 3 is 2.61 bits per heavy atom. The number of nitrogens with one attached hydrogen (secondary N) is 1. The quantitative estimate of drug-likeness (QED) is 0.347. The zero-order chi connectivity index (χ0) is 20.3. The molecule has 0 saturated carbocycles. The Kier molecular flexibility index (Phi) is 7.00. The predicted octanol–water partition coefficient (Wildman–Crippen LogP) is 6.10. The van der Waals surface area contributed by atoms with Crippen LogP contribution in [0.2, 0.25) is 10.0 Å². The highest BCUT2D eigenvalue weighted by Crippen LogP contribution is 2.31. The predicted molar refractivity (Wildman–Crippen MR) is 119 cm³/mol. The van der Waals surface area contributed by atoms with Crippen LogP contribution in [0.15, 0.2) is 46.8 Å². The molecule has 0 aliphatic heterocycles. The largest absolute Gasteiger partial charge is 0.495 e. The fourth-order valence-electron chi connectivity index (χ4n) is 2.27. The molecule has 0 bridgehead atoms. The Bertz CT molecular complexity index is 1050. The summed E-state index contributed by atoms with van der Waals surface area (Å²) in [5.41, 5.74) is 1.34. The van der Waals surface area contributed by atoms with Crippen molar-refractivity contribution >= 4 is 70.1 Å². The smallest absolute Gasteiger partial charge is 0.237 e. The van der Waals surface area contributed by atoms with Crippen molar-refractivity contribution in [2.24, 2.45) is 0 Å². The molecule has 1 aromatic heterocycles. The van der Waals surface area contributed by atoms with Crippen LogP contribution in [0.1, 0.15) is 6.92 Å². The van der Waals surface area contributed by atoms with Gasteiger partial charge < -0.3 is 10.1 Å². The lowest BCUT2D eigenvalue weighted by Crippen LogP contribution is -2.22. The standard InChI is InChI=1S/C18H15Cl2N3O2S3/c1-10(16(24)21-14-9-12(20)5-8-15(14)25-2)27-17-22-23(18(26)28-17)13-6-3-11(19)4-7-13/h3-10H,1-2H3,(H,21,24)/t10-/m1/s1. The van der Waals surface area contributed by atoms with Crippen molar-refractivity contribution in [3.63, 3.8) is 0 Å².